The third-order valence-corrected chi connectivity index (χ3v) is 6.42. The van der Waals surface area contributed by atoms with Crippen LogP contribution in [-0.4, -0.2) is 43.1 Å². The van der Waals surface area contributed by atoms with Crippen molar-refractivity contribution < 1.29 is 13.5 Å². The van der Waals surface area contributed by atoms with Crippen LogP contribution in [0.15, 0.2) is 29.2 Å². The van der Waals surface area contributed by atoms with E-state index in [-0.39, 0.29) is 18.2 Å². The zero-order chi connectivity index (χ0) is 14.3. The van der Waals surface area contributed by atoms with Crippen LogP contribution in [0, 0.1) is 0 Å². The first kappa shape index (κ1) is 13.9. The van der Waals surface area contributed by atoms with Crippen LogP contribution in [0.1, 0.15) is 25.7 Å². The van der Waals surface area contributed by atoms with Crippen molar-refractivity contribution in [2.24, 2.45) is 0 Å². The molecule has 0 amide bonds. The Morgan fingerprint density at radius 3 is 2.40 bits per heavy atom. The monoisotopic (exact) mass is 296 g/mol. The van der Waals surface area contributed by atoms with Crippen molar-refractivity contribution in [2.75, 3.05) is 12.4 Å². The number of rotatable bonds is 3. The zero-order valence-electron chi connectivity index (χ0n) is 11.5. The maximum absolute atomic E-state index is 12.9. The average molecular weight is 296 g/mol. The topological polar surface area (TPSA) is 69.6 Å². The molecule has 2 N–H and O–H groups in total. The summed E-state index contributed by atoms with van der Waals surface area (Å²) < 4.78 is 27.5. The summed E-state index contributed by atoms with van der Waals surface area (Å²) in [5.41, 5.74) is 0.623. The van der Waals surface area contributed by atoms with Crippen LogP contribution in [-0.2, 0) is 10.0 Å². The molecule has 2 unspecified atom stereocenters. The summed E-state index contributed by atoms with van der Waals surface area (Å²) in [6, 6.07) is 6.87. The van der Waals surface area contributed by atoms with Crippen LogP contribution < -0.4 is 5.32 Å². The van der Waals surface area contributed by atoms with Crippen molar-refractivity contribution in [1.82, 2.24) is 4.31 Å². The first-order chi connectivity index (χ1) is 9.54. The van der Waals surface area contributed by atoms with E-state index in [2.05, 4.69) is 5.32 Å². The van der Waals surface area contributed by atoms with E-state index in [1.165, 1.54) is 0 Å². The number of fused-ring (bicyclic) bond motifs is 2. The molecule has 2 aliphatic heterocycles. The quantitative estimate of drug-likeness (QED) is 0.885. The summed E-state index contributed by atoms with van der Waals surface area (Å²) in [5, 5.41) is 12.8. The van der Waals surface area contributed by atoms with Crippen LogP contribution in [0.2, 0.25) is 0 Å². The van der Waals surface area contributed by atoms with Gasteiger partial charge < -0.3 is 10.4 Å². The first-order valence-electron chi connectivity index (χ1n) is 7.02. The van der Waals surface area contributed by atoms with Gasteiger partial charge >= 0.3 is 0 Å². The highest BCUT2D eigenvalue weighted by Gasteiger charge is 2.47. The van der Waals surface area contributed by atoms with Crippen LogP contribution in [0.25, 0.3) is 0 Å². The molecule has 20 heavy (non-hydrogen) atoms. The molecule has 1 aromatic carbocycles. The second-order valence-electron chi connectivity index (χ2n) is 5.59. The fraction of sp³-hybridized carbons (Fsp3) is 0.571. The molecule has 110 valence electrons. The van der Waals surface area contributed by atoms with Crippen molar-refractivity contribution in [3.63, 3.8) is 0 Å². The van der Waals surface area contributed by atoms with Crippen LogP contribution >= 0.6 is 0 Å². The maximum Gasteiger partial charge on any atom is 0.245 e. The average Bonchev–Trinajstić information content (AvgIpc) is 2.72. The molecule has 3 rings (SSSR count). The highest BCUT2D eigenvalue weighted by Crippen LogP contribution is 2.40. The number of anilines is 1. The molecule has 0 spiro atoms. The minimum atomic E-state index is -3.50. The second-order valence-corrected chi connectivity index (χ2v) is 7.40. The van der Waals surface area contributed by atoms with E-state index in [9.17, 15) is 13.5 Å². The molecule has 1 aromatic rings. The van der Waals surface area contributed by atoms with Crippen LogP contribution in [0.3, 0.4) is 0 Å². The lowest BCUT2D eigenvalue weighted by molar-refractivity contribution is 0.0769. The van der Waals surface area contributed by atoms with Gasteiger partial charge in [-0.05, 0) is 37.8 Å². The molecular formula is C14H20N2O3S. The number of nitrogens with zero attached hydrogens (tertiary/aromatic N) is 1. The summed E-state index contributed by atoms with van der Waals surface area (Å²) in [7, 11) is -1.78. The van der Waals surface area contributed by atoms with Gasteiger partial charge in [-0.25, -0.2) is 8.42 Å². The van der Waals surface area contributed by atoms with Gasteiger partial charge in [0.15, 0.2) is 0 Å². The van der Waals surface area contributed by atoms with Gasteiger partial charge in [0.1, 0.15) is 4.90 Å². The number of aliphatic hydroxyl groups excluding tert-OH is 1. The maximum atomic E-state index is 12.9. The summed E-state index contributed by atoms with van der Waals surface area (Å²) in [6.07, 6.45) is 2.44. The lowest BCUT2D eigenvalue weighted by Crippen LogP contribution is -2.47. The standard InChI is InChI=1S/C14H20N2O3S/c1-15-13-4-2-3-5-14(13)20(18,19)16-10-6-7-11(16)9-12(17)8-10/h2-5,10-12,15,17H,6-9H2,1H3. The number of aliphatic hydroxyl groups is 1. The SMILES string of the molecule is CNc1ccccc1S(=O)(=O)N1C2CCC1CC(O)C2. The van der Waals surface area contributed by atoms with Gasteiger partial charge in [-0.15, -0.1) is 0 Å². The van der Waals surface area contributed by atoms with Crippen LogP contribution in [0.5, 0.6) is 0 Å². The molecule has 2 fully saturated rings. The Hall–Kier alpha value is -1.11. The molecule has 5 nitrogen and oxygen atoms in total. The Balaban J connectivity index is 2.01. The molecule has 0 radical (unpaired) electrons. The van der Waals surface area contributed by atoms with E-state index < -0.39 is 10.0 Å². The number of piperidine rings is 1. The molecule has 6 heteroatoms. The van der Waals surface area contributed by atoms with Crippen molar-refractivity contribution in [1.29, 1.82) is 0 Å². The van der Waals surface area contributed by atoms with E-state index in [1.807, 2.05) is 6.07 Å². The Labute approximate surface area is 119 Å². The van der Waals surface area contributed by atoms with Crippen molar-refractivity contribution in [3.05, 3.63) is 24.3 Å². The van der Waals surface area contributed by atoms with Gasteiger partial charge in [0.25, 0.3) is 0 Å². The number of hydrogen-bond donors (Lipinski definition) is 2. The summed E-state index contributed by atoms with van der Waals surface area (Å²) >= 11 is 0. The minimum Gasteiger partial charge on any atom is -0.393 e. The van der Waals surface area contributed by atoms with Crippen LogP contribution in [0.4, 0.5) is 5.69 Å². The van der Waals surface area contributed by atoms with Gasteiger partial charge in [0.05, 0.1) is 11.8 Å². The van der Waals surface area contributed by atoms with Gasteiger partial charge in [-0.3, -0.25) is 0 Å². The number of hydrogen-bond acceptors (Lipinski definition) is 4. The van der Waals surface area contributed by atoms with Gasteiger partial charge in [-0.2, -0.15) is 4.31 Å². The molecule has 2 heterocycles. The molecule has 0 saturated carbocycles. The third kappa shape index (κ3) is 2.12. The number of nitrogens with one attached hydrogen (secondary N) is 1. The predicted molar refractivity (Wildman–Crippen MR) is 77.1 cm³/mol. The number of sulfonamides is 1. The fourth-order valence-electron chi connectivity index (χ4n) is 3.51. The fourth-order valence-corrected chi connectivity index (χ4v) is 5.60. The van der Waals surface area contributed by atoms with Crippen molar-refractivity contribution in [3.8, 4) is 0 Å². The Morgan fingerprint density at radius 2 is 1.80 bits per heavy atom. The Kier molecular flexibility index (Phi) is 3.48. The molecule has 2 atom stereocenters. The van der Waals surface area contributed by atoms with E-state index in [0.717, 1.165) is 12.8 Å². The zero-order valence-corrected chi connectivity index (χ0v) is 12.3. The largest absolute Gasteiger partial charge is 0.393 e. The van der Waals surface area contributed by atoms with Crippen molar-refractivity contribution >= 4 is 15.7 Å². The lowest BCUT2D eigenvalue weighted by Gasteiger charge is -2.36. The van der Waals surface area contributed by atoms with Crippen molar-refractivity contribution in [2.45, 2.75) is 48.8 Å². The third-order valence-electron chi connectivity index (χ3n) is 4.35. The normalized spacial score (nSPS) is 30.4. The molecule has 0 aromatic heterocycles. The highest BCUT2D eigenvalue weighted by molar-refractivity contribution is 7.89. The van der Waals surface area contributed by atoms with E-state index in [1.54, 1.807) is 29.6 Å². The molecule has 2 aliphatic rings. The summed E-state index contributed by atoms with van der Waals surface area (Å²) in [5.74, 6) is 0. The number of benzene rings is 1. The molecule has 2 bridgehead atoms. The molecular weight excluding hydrogens is 276 g/mol. The Bertz CT molecular complexity index is 588. The summed E-state index contributed by atoms with van der Waals surface area (Å²) in [4.78, 5) is 0.329. The first-order valence-corrected chi connectivity index (χ1v) is 8.46. The van der Waals surface area contributed by atoms with E-state index in [4.69, 9.17) is 0 Å². The van der Waals surface area contributed by atoms with E-state index >= 15 is 0 Å². The number of para-hydroxylation sites is 1. The predicted octanol–water partition coefficient (Wildman–Crippen LogP) is 1.40. The Morgan fingerprint density at radius 1 is 1.20 bits per heavy atom. The lowest BCUT2D eigenvalue weighted by atomic mass is 10.0. The second kappa shape index (κ2) is 5.02. The molecule has 0 aliphatic carbocycles. The van der Waals surface area contributed by atoms with Gasteiger partial charge in [-0.1, -0.05) is 12.1 Å². The molecule has 2 saturated heterocycles. The van der Waals surface area contributed by atoms with Gasteiger partial charge in [0, 0.05) is 19.1 Å². The summed E-state index contributed by atoms with van der Waals surface area (Å²) in [6.45, 7) is 0. The van der Waals surface area contributed by atoms with Gasteiger partial charge in [0.2, 0.25) is 10.0 Å². The minimum absolute atomic E-state index is 0.0568. The smallest absolute Gasteiger partial charge is 0.245 e. The highest BCUT2D eigenvalue weighted by atomic mass is 32.2. The van der Waals surface area contributed by atoms with E-state index in [0.29, 0.717) is 23.4 Å².